The first-order valence-corrected chi connectivity index (χ1v) is 6.91. The average molecular weight is 268 g/mol. The molecule has 1 atom stereocenters. The predicted octanol–water partition coefficient (Wildman–Crippen LogP) is 4.50. The zero-order valence-electron chi connectivity index (χ0n) is 11.4. The molecule has 1 aromatic rings. The van der Waals surface area contributed by atoms with Crippen molar-refractivity contribution in [1.29, 1.82) is 5.41 Å². The first-order chi connectivity index (χ1) is 8.54. The second-order valence-corrected chi connectivity index (χ2v) is 5.08. The topological polar surface area (TPSA) is 48.8 Å². The summed E-state index contributed by atoms with van der Waals surface area (Å²) in [5.41, 5.74) is 1.97. The lowest BCUT2D eigenvalue weighted by Crippen LogP contribution is -2.17. The average Bonchev–Trinajstić information content (AvgIpc) is 2.31. The van der Waals surface area contributed by atoms with Gasteiger partial charge in [-0.15, -0.1) is 0 Å². The van der Waals surface area contributed by atoms with Crippen LogP contribution in [-0.4, -0.2) is 16.7 Å². The summed E-state index contributed by atoms with van der Waals surface area (Å²) >= 11 is 5.86. The van der Waals surface area contributed by atoms with Crippen LogP contribution in [-0.2, 0) is 0 Å². The number of halogens is 1. The molecule has 0 spiro atoms. The van der Waals surface area contributed by atoms with Gasteiger partial charge >= 0.3 is 0 Å². The second kappa shape index (κ2) is 7.37. The molecule has 0 amide bonds. The Hall–Kier alpha value is -1.09. The molecule has 0 saturated heterocycles. The van der Waals surface area contributed by atoms with Gasteiger partial charge in [0, 0.05) is 6.04 Å². The fourth-order valence-electron chi connectivity index (χ4n) is 1.88. The van der Waals surface area contributed by atoms with Crippen molar-refractivity contribution in [3.8, 4) is 0 Å². The third-order valence-electron chi connectivity index (χ3n) is 2.86. The van der Waals surface area contributed by atoms with E-state index in [0.29, 0.717) is 22.6 Å². The van der Waals surface area contributed by atoms with E-state index < -0.39 is 0 Å². The van der Waals surface area contributed by atoms with Crippen LogP contribution in [0.25, 0.3) is 0 Å². The summed E-state index contributed by atoms with van der Waals surface area (Å²) in [6.45, 7) is 6.09. The molecule has 0 radical (unpaired) electrons. The Bertz CT molecular complexity index is 404. The maximum absolute atomic E-state index is 7.72. The minimum Gasteiger partial charge on any atom is -0.381 e. The smallest absolute Gasteiger partial charge is 0.129 e. The number of hydrogen-bond donors (Lipinski definition) is 2. The number of anilines is 1. The molecule has 0 aliphatic heterocycles. The van der Waals surface area contributed by atoms with E-state index in [2.05, 4.69) is 24.1 Å². The van der Waals surface area contributed by atoms with Crippen LogP contribution in [0.4, 0.5) is 5.69 Å². The molecule has 0 fully saturated rings. The quantitative estimate of drug-likeness (QED) is 0.434. The van der Waals surface area contributed by atoms with Gasteiger partial charge in [0.2, 0.25) is 0 Å². The molecular weight excluding hydrogens is 246 g/mol. The molecule has 4 heteroatoms. The Morgan fingerprint density at radius 2 is 2.17 bits per heavy atom. The molecule has 1 rings (SSSR count). The first-order valence-electron chi connectivity index (χ1n) is 6.53. The number of nitrogens with zero attached hydrogens (tertiary/aromatic N) is 1. The molecule has 0 aromatic carbocycles. The molecule has 1 unspecified atom stereocenters. The van der Waals surface area contributed by atoms with Gasteiger partial charge in [-0.05, 0) is 32.4 Å². The van der Waals surface area contributed by atoms with Crippen LogP contribution in [0.15, 0.2) is 12.1 Å². The predicted molar refractivity (Wildman–Crippen MR) is 79.0 cm³/mol. The van der Waals surface area contributed by atoms with Crippen molar-refractivity contribution in [3.63, 3.8) is 0 Å². The van der Waals surface area contributed by atoms with E-state index in [1.54, 1.807) is 13.0 Å². The number of nitrogens with one attached hydrogen (secondary N) is 2. The van der Waals surface area contributed by atoms with Gasteiger partial charge in [0.25, 0.3) is 0 Å². The van der Waals surface area contributed by atoms with Crippen LogP contribution >= 0.6 is 11.6 Å². The van der Waals surface area contributed by atoms with Crippen molar-refractivity contribution in [2.75, 3.05) is 5.32 Å². The standard InChI is InChI=1S/C14H22ClN3/c1-4-5-6-7-10(2)17-12-8-9-13(15)18-14(12)11(3)16/h8-10,16-17H,4-7H2,1-3H3. The first kappa shape index (κ1) is 15.0. The highest BCUT2D eigenvalue weighted by Gasteiger charge is 2.10. The van der Waals surface area contributed by atoms with E-state index >= 15 is 0 Å². The van der Waals surface area contributed by atoms with Gasteiger partial charge in [-0.1, -0.05) is 37.8 Å². The third-order valence-corrected chi connectivity index (χ3v) is 3.07. The maximum atomic E-state index is 7.72. The third kappa shape index (κ3) is 4.65. The van der Waals surface area contributed by atoms with Crippen LogP contribution in [0.3, 0.4) is 0 Å². The van der Waals surface area contributed by atoms with Crippen molar-refractivity contribution in [2.45, 2.75) is 52.5 Å². The molecule has 0 saturated carbocycles. The van der Waals surface area contributed by atoms with Crippen molar-refractivity contribution in [2.24, 2.45) is 0 Å². The molecule has 100 valence electrons. The highest BCUT2D eigenvalue weighted by atomic mass is 35.5. The van der Waals surface area contributed by atoms with E-state index in [1.165, 1.54) is 19.3 Å². The summed E-state index contributed by atoms with van der Waals surface area (Å²) in [5.74, 6) is 0. The molecule has 0 bridgehead atoms. The molecule has 1 heterocycles. The second-order valence-electron chi connectivity index (χ2n) is 4.70. The molecular formula is C14H22ClN3. The minimum absolute atomic E-state index is 0.387. The van der Waals surface area contributed by atoms with E-state index in [-0.39, 0.29) is 0 Å². The largest absolute Gasteiger partial charge is 0.381 e. The van der Waals surface area contributed by atoms with E-state index in [1.807, 2.05) is 6.07 Å². The fraction of sp³-hybridized carbons (Fsp3) is 0.571. The van der Waals surface area contributed by atoms with E-state index in [0.717, 1.165) is 12.1 Å². The molecule has 18 heavy (non-hydrogen) atoms. The SMILES string of the molecule is CCCCCC(C)Nc1ccc(Cl)nc1C(C)=N. The number of pyridine rings is 1. The van der Waals surface area contributed by atoms with Gasteiger partial charge in [-0.25, -0.2) is 4.98 Å². The lowest BCUT2D eigenvalue weighted by atomic mass is 10.1. The fourth-order valence-corrected chi connectivity index (χ4v) is 2.02. The van der Waals surface area contributed by atoms with Crippen molar-refractivity contribution < 1.29 is 0 Å². The normalized spacial score (nSPS) is 12.2. The lowest BCUT2D eigenvalue weighted by molar-refractivity contribution is 0.615. The zero-order chi connectivity index (χ0) is 13.5. The summed E-state index contributed by atoms with van der Waals surface area (Å²) in [4.78, 5) is 4.20. The number of hydrogen-bond acceptors (Lipinski definition) is 3. The summed E-state index contributed by atoms with van der Waals surface area (Å²) in [6, 6.07) is 4.05. The molecule has 2 N–H and O–H groups in total. The number of unbranched alkanes of at least 4 members (excludes halogenated alkanes) is 2. The Morgan fingerprint density at radius 1 is 1.44 bits per heavy atom. The van der Waals surface area contributed by atoms with Crippen molar-refractivity contribution in [1.82, 2.24) is 4.98 Å². The minimum atomic E-state index is 0.387. The van der Waals surface area contributed by atoms with Crippen molar-refractivity contribution >= 4 is 23.0 Å². The lowest BCUT2D eigenvalue weighted by Gasteiger charge is -2.17. The number of rotatable bonds is 7. The van der Waals surface area contributed by atoms with E-state index in [9.17, 15) is 0 Å². The van der Waals surface area contributed by atoms with Gasteiger partial charge in [-0.3, -0.25) is 0 Å². The monoisotopic (exact) mass is 267 g/mol. The van der Waals surface area contributed by atoms with Gasteiger partial charge < -0.3 is 10.7 Å². The summed E-state index contributed by atoms with van der Waals surface area (Å²) in [6.07, 6.45) is 4.86. The Labute approximate surface area is 114 Å². The van der Waals surface area contributed by atoms with Crippen LogP contribution in [0.1, 0.15) is 52.1 Å². The van der Waals surface area contributed by atoms with Gasteiger partial charge in [0.1, 0.15) is 10.8 Å². The summed E-state index contributed by atoms with van der Waals surface area (Å²) in [7, 11) is 0. The Kier molecular flexibility index (Phi) is 6.13. The Balaban J connectivity index is 2.68. The number of aromatic nitrogens is 1. The van der Waals surface area contributed by atoms with Crippen LogP contribution in [0.2, 0.25) is 5.15 Å². The summed E-state index contributed by atoms with van der Waals surface area (Å²) < 4.78 is 0. The van der Waals surface area contributed by atoms with Crippen LogP contribution in [0.5, 0.6) is 0 Å². The molecule has 3 nitrogen and oxygen atoms in total. The summed E-state index contributed by atoms with van der Waals surface area (Å²) in [5, 5.41) is 11.6. The van der Waals surface area contributed by atoms with Gasteiger partial charge in [-0.2, -0.15) is 0 Å². The van der Waals surface area contributed by atoms with Crippen LogP contribution in [0, 0.1) is 5.41 Å². The van der Waals surface area contributed by atoms with Crippen LogP contribution < -0.4 is 5.32 Å². The van der Waals surface area contributed by atoms with E-state index in [4.69, 9.17) is 17.0 Å². The maximum Gasteiger partial charge on any atom is 0.129 e. The molecule has 0 aliphatic carbocycles. The van der Waals surface area contributed by atoms with Crippen molar-refractivity contribution in [3.05, 3.63) is 23.0 Å². The molecule has 1 aromatic heterocycles. The van der Waals surface area contributed by atoms with Gasteiger partial charge in [0.05, 0.1) is 11.4 Å². The van der Waals surface area contributed by atoms with Gasteiger partial charge in [0.15, 0.2) is 0 Å². The molecule has 0 aliphatic rings. The Morgan fingerprint density at radius 3 is 2.78 bits per heavy atom. The highest BCUT2D eigenvalue weighted by molar-refractivity contribution is 6.29. The highest BCUT2D eigenvalue weighted by Crippen LogP contribution is 2.19. The zero-order valence-corrected chi connectivity index (χ0v) is 12.1.